The highest BCUT2D eigenvalue weighted by Crippen LogP contribution is 2.62. The summed E-state index contributed by atoms with van der Waals surface area (Å²) < 4.78 is 5.40. The Morgan fingerprint density at radius 3 is 2.42 bits per heavy atom. The lowest BCUT2D eigenvalue weighted by Gasteiger charge is -2.57. The van der Waals surface area contributed by atoms with Gasteiger partial charge in [-0.1, -0.05) is 6.07 Å². The van der Waals surface area contributed by atoms with Crippen LogP contribution < -0.4 is 0 Å². The summed E-state index contributed by atoms with van der Waals surface area (Å²) >= 11 is 1.43. The predicted molar refractivity (Wildman–Crippen MR) is 142 cm³/mol. The third kappa shape index (κ3) is 3.97. The van der Waals surface area contributed by atoms with Crippen LogP contribution >= 0.6 is 11.8 Å². The van der Waals surface area contributed by atoms with E-state index in [1.807, 2.05) is 36.5 Å². The van der Waals surface area contributed by atoms with E-state index >= 15 is 0 Å². The van der Waals surface area contributed by atoms with Crippen LogP contribution in [0.5, 0.6) is 5.75 Å². The lowest BCUT2D eigenvalue weighted by Crippen LogP contribution is -2.48. The van der Waals surface area contributed by atoms with Gasteiger partial charge in [0, 0.05) is 30.4 Å². The number of aromatic nitrogens is 1. The molecule has 2 aromatic rings. The maximum absolute atomic E-state index is 12.5. The number of aliphatic imine (C=N–C) groups is 1. The zero-order valence-corrected chi connectivity index (χ0v) is 21.2. The van der Waals surface area contributed by atoms with Crippen molar-refractivity contribution >= 4 is 28.9 Å². The first-order valence-electron chi connectivity index (χ1n) is 13.2. The van der Waals surface area contributed by atoms with Crippen molar-refractivity contribution < 1.29 is 14.6 Å². The fraction of sp³-hybridized carbons (Fsp3) is 0.483. The monoisotopic (exact) mass is 501 g/mol. The van der Waals surface area contributed by atoms with E-state index in [9.17, 15) is 9.90 Å². The summed E-state index contributed by atoms with van der Waals surface area (Å²) in [5, 5.41) is 11.7. The smallest absolute Gasteiger partial charge is 0.286 e. The summed E-state index contributed by atoms with van der Waals surface area (Å²) in [4.78, 5) is 24.2. The van der Waals surface area contributed by atoms with Gasteiger partial charge in [-0.05, 0) is 109 Å². The number of morpholine rings is 1. The van der Waals surface area contributed by atoms with Crippen LogP contribution in [0.2, 0.25) is 0 Å². The van der Waals surface area contributed by atoms with Crippen LogP contribution in [0.4, 0.5) is 0 Å². The van der Waals surface area contributed by atoms with E-state index < -0.39 is 0 Å². The number of phenolic OH excluding ortho intramolecular Hbond substituents is 1. The van der Waals surface area contributed by atoms with Crippen molar-refractivity contribution in [1.82, 2.24) is 9.88 Å². The SMILES string of the molecule is O=C1N=C(N2CCOCC2)S/C1=C\c1ccc(-c2ccc(O)c(C34CC5CC(CC(C5)C3)C4)c2)nc1. The van der Waals surface area contributed by atoms with E-state index in [4.69, 9.17) is 9.72 Å². The average molecular weight is 502 g/mol. The first-order valence-corrected chi connectivity index (χ1v) is 14.0. The number of pyridine rings is 1. The highest BCUT2D eigenvalue weighted by Gasteiger charge is 2.52. The molecule has 3 heterocycles. The van der Waals surface area contributed by atoms with Gasteiger partial charge in [0.25, 0.3) is 5.91 Å². The van der Waals surface area contributed by atoms with E-state index in [1.165, 1.54) is 50.3 Å². The lowest BCUT2D eigenvalue weighted by molar-refractivity contribution is -0.113. The van der Waals surface area contributed by atoms with Gasteiger partial charge in [-0.3, -0.25) is 9.78 Å². The van der Waals surface area contributed by atoms with Crippen LogP contribution in [0, 0.1) is 17.8 Å². The molecule has 1 N–H and O–H groups in total. The van der Waals surface area contributed by atoms with Crippen LogP contribution in [0.25, 0.3) is 17.3 Å². The van der Waals surface area contributed by atoms with Crippen LogP contribution in [0.15, 0.2) is 46.4 Å². The maximum atomic E-state index is 12.5. The number of phenols is 1. The molecule has 4 aliphatic carbocycles. The summed E-state index contributed by atoms with van der Waals surface area (Å²) in [6.45, 7) is 2.86. The Morgan fingerprint density at radius 1 is 1.03 bits per heavy atom. The number of amides is 1. The van der Waals surface area contributed by atoms with Gasteiger partial charge in [0.15, 0.2) is 5.17 Å². The largest absolute Gasteiger partial charge is 0.508 e. The predicted octanol–water partition coefficient (Wildman–Crippen LogP) is 5.22. The molecule has 0 unspecified atom stereocenters. The number of hydrogen-bond acceptors (Lipinski definition) is 6. The molecule has 1 aromatic heterocycles. The molecule has 4 saturated carbocycles. The molecule has 2 aliphatic heterocycles. The van der Waals surface area contributed by atoms with E-state index in [1.54, 1.807) is 0 Å². The number of amidine groups is 1. The normalized spacial score (nSPS) is 32.4. The number of hydrogen-bond donors (Lipinski definition) is 1. The number of rotatable bonds is 3. The Kier molecular flexibility index (Phi) is 5.47. The van der Waals surface area contributed by atoms with Crippen molar-refractivity contribution in [3.63, 3.8) is 0 Å². The number of benzene rings is 1. The zero-order chi connectivity index (χ0) is 24.3. The van der Waals surface area contributed by atoms with Gasteiger partial charge in [0.05, 0.1) is 23.8 Å². The standard InChI is InChI=1S/C29H31N3O3S/c33-25-4-2-22(13-23(25)29-14-19-9-20(15-29)11-21(10-19)16-29)24-3-1-18(17-30-24)12-26-27(34)31-28(36-26)32-5-7-35-8-6-32/h1-4,12-13,17,19-21,33H,5-11,14-16H2/b26-12-. The van der Waals surface area contributed by atoms with Gasteiger partial charge in [-0.15, -0.1) is 0 Å². The summed E-state index contributed by atoms with van der Waals surface area (Å²) in [5.41, 5.74) is 4.08. The van der Waals surface area contributed by atoms with Crippen molar-refractivity contribution in [3.8, 4) is 17.0 Å². The first kappa shape index (κ1) is 22.5. The highest BCUT2D eigenvalue weighted by atomic mass is 32.2. The van der Waals surface area contributed by atoms with Gasteiger partial charge in [-0.2, -0.15) is 4.99 Å². The molecular weight excluding hydrogens is 470 g/mol. The molecular formula is C29H31N3O3S. The van der Waals surface area contributed by atoms with E-state index in [-0.39, 0.29) is 11.3 Å². The molecule has 5 fully saturated rings. The molecule has 36 heavy (non-hydrogen) atoms. The minimum Gasteiger partial charge on any atom is -0.508 e. The zero-order valence-electron chi connectivity index (χ0n) is 20.4. The fourth-order valence-electron chi connectivity index (χ4n) is 7.66. The Labute approximate surface area is 215 Å². The molecule has 6 nitrogen and oxygen atoms in total. The average Bonchev–Trinajstić information content (AvgIpc) is 3.24. The fourth-order valence-corrected chi connectivity index (χ4v) is 8.63. The second-order valence-electron chi connectivity index (χ2n) is 11.3. The number of ether oxygens (including phenoxy) is 1. The van der Waals surface area contributed by atoms with Crippen molar-refractivity contribution in [2.75, 3.05) is 26.3 Å². The molecule has 6 aliphatic rings. The van der Waals surface area contributed by atoms with Gasteiger partial charge in [0.2, 0.25) is 0 Å². The summed E-state index contributed by atoms with van der Waals surface area (Å²) in [7, 11) is 0. The number of aromatic hydroxyl groups is 1. The third-order valence-corrected chi connectivity index (χ3v) is 9.92. The van der Waals surface area contributed by atoms with Gasteiger partial charge in [-0.25, -0.2) is 0 Å². The van der Waals surface area contributed by atoms with Crippen molar-refractivity contribution in [1.29, 1.82) is 0 Å². The van der Waals surface area contributed by atoms with Crippen molar-refractivity contribution in [2.45, 2.75) is 43.9 Å². The molecule has 0 spiro atoms. The summed E-state index contributed by atoms with van der Waals surface area (Å²) in [6, 6.07) is 10.0. The van der Waals surface area contributed by atoms with Crippen LogP contribution in [0.1, 0.15) is 49.7 Å². The number of nitrogens with zero attached hydrogens (tertiary/aromatic N) is 3. The second kappa shape index (κ2) is 8.73. The van der Waals surface area contributed by atoms with Crippen LogP contribution in [-0.4, -0.2) is 52.4 Å². The molecule has 8 rings (SSSR count). The molecule has 0 atom stereocenters. The number of carbonyl (C=O) groups excluding carboxylic acids is 1. The minimum absolute atomic E-state index is 0.136. The molecule has 1 saturated heterocycles. The molecule has 186 valence electrons. The Bertz CT molecular complexity index is 1230. The molecule has 7 heteroatoms. The Hall–Kier alpha value is -2.64. The van der Waals surface area contributed by atoms with Gasteiger partial charge >= 0.3 is 0 Å². The van der Waals surface area contributed by atoms with Crippen molar-refractivity contribution in [2.24, 2.45) is 22.7 Å². The molecule has 1 aromatic carbocycles. The van der Waals surface area contributed by atoms with Crippen LogP contribution in [0.3, 0.4) is 0 Å². The van der Waals surface area contributed by atoms with Crippen LogP contribution in [-0.2, 0) is 14.9 Å². The molecule has 4 bridgehead atoms. The van der Waals surface area contributed by atoms with E-state index in [2.05, 4.69) is 16.0 Å². The topological polar surface area (TPSA) is 75.0 Å². The summed E-state index contributed by atoms with van der Waals surface area (Å²) in [6.07, 6.45) is 11.5. The minimum atomic E-state index is -0.190. The lowest BCUT2D eigenvalue weighted by atomic mass is 9.48. The van der Waals surface area contributed by atoms with E-state index in [0.717, 1.165) is 58.4 Å². The Balaban J connectivity index is 1.11. The molecule has 0 radical (unpaired) electrons. The maximum Gasteiger partial charge on any atom is 0.286 e. The van der Waals surface area contributed by atoms with Crippen molar-refractivity contribution in [3.05, 3.63) is 52.6 Å². The second-order valence-corrected chi connectivity index (χ2v) is 12.3. The summed E-state index contributed by atoms with van der Waals surface area (Å²) in [5.74, 6) is 2.73. The third-order valence-electron chi connectivity index (χ3n) is 8.88. The highest BCUT2D eigenvalue weighted by molar-refractivity contribution is 8.18. The number of thioether (sulfide) groups is 1. The number of carbonyl (C=O) groups is 1. The van der Waals surface area contributed by atoms with Gasteiger partial charge < -0.3 is 14.7 Å². The first-order chi connectivity index (χ1) is 17.5. The van der Waals surface area contributed by atoms with E-state index in [0.29, 0.717) is 23.9 Å². The Morgan fingerprint density at radius 2 is 1.75 bits per heavy atom. The molecule has 1 amide bonds. The quantitative estimate of drug-likeness (QED) is 0.581. The van der Waals surface area contributed by atoms with Gasteiger partial charge in [0.1, 0.15) is 5.75 Å².